The zero-order chi connectivity index (χ0) is 11.7. The van der Waals surface area contributed by atoms with Gasteiger partial charge in [-0.25, -0.2) is 0 Å². The first-order valence-corrected chi connectivity index (χ1v) is 5.74. The van der Waals surface area contributed by atoms with Crippen molar-refractivity contribution in [1.29, 1.82) is 0 Å². The van der Waals surface area contributed by atoms with Gasteiger partial charge < -0.3 is 14.8 Å². The molecule has 0 aliphatic carbocycles. The van der Waals surface area contributed by atoms with Crippen molar-refractivity contribution in [2.75, 3.05) is 12.1 Å². The zero-order valence-electron chi connectivity index (χ0n) is 10.3. The van der Waals surface area contributed by atoms with Crippen LogP contribution in [0.3, 0.4) is 0 Å². The van der Waals surface area contributed by atoms with Gasteiger partial charge in [0.2, 0.25) is 6.79 Å². The summed E-state index contributed by atoms with van der Waals surface area (Å²) in [7, 11) is 0. The average molecular weight is 221 g/mol. The van der Waals surface area contributed by atoms with Crippen molar-refractivity contribution in [3.63, 3.8) is 0 Å². The predicted octanol–water partition coefficient (Wildman–Crippen LogP) is 3.18. The number of hydrogen-bond acceptors (Lipinski definition) is 3. The highest BCUT2D eigenvalue weighted by Crippen LogP contribution is 2.37. The molecule has 0 aromatic heterocycles. The molecular formula is C13H19NO2. The van der Waals surface area contributed by atoms with Crippen LogP contribution in [0.15, 0.2) is 12.1 Å². The maximum atomic E-state index is 5.37. The zero-order valence-corrected chi connectivity index (χ0v) is 10.3. The Bertz CT molecular complexity index is 388. The van der Waals surface area contributed by atoms with E-state index >= 15 is 0 Å². The van der Waals surface area contributed by atoms with Crippen LogP contribution in [-0.2, 0) is 0 Å². The van der Waals surface area contributed by atoms with E-state index in [9.17, 15) is 0 Å². The molecule has 0 amide bonds. The first-order valence-electron chi connectivity index (χ1n) is 5.74. The Hall–Kier alpha value is -1.38. The third-order valence-corrected chi connectivity index (χ3v) is 3.10. The molecule has 0 fully saturated rings. The lowest BCUT2D eigenvalue weighted by Gasteiger charge is -2.20. The summed E-state index contributed by atoms with van der Waals surface area (Å²) in [6, 6.07) is 4.49. The van der Waals surface area contributed by atoms with E-state index in [1.807, 2.05) is 12.1 Å². The molecule has 88 valence electrons. The van der Waals surface area contributed by atoms with Crippen molar-refractivity contribution in [2.45, 2.75) is 33.7 Å². The minimum absolute atomic E-state index is 0.331. The van der Waals surface area contributed by atoms with E-state index in [0.717, 1.165) is 17.2 Å². The molecule has 0 spiro atoms. The van der Waals surface area contributed by atoms with Gasteiger partial charge in [0.05, 0.1) is 0 Å². The molecule has 1 unspecified atom stereocenters. The van der Waals surface area contributed by atoms with Crippen LogP contribution in [-0.4, -0.2) is 12.8 Å². The number of rotatable bonds is 3. The molecule has 16 heavy (non-hydrogen) atoms. The standard InChI is InChI=1S/C13H19NO2/c1-8(2)10(4)14-11-6-13-12(5-9(11)3)15-7-16-13/h5-6,8,10,14H,7H2,1-4H3. The van der Waals surface area contributed by atoms with E-state index in [1.54, 1.807) is 0 Å². The second-order valence-corrected chi connectivity index (χ2v) is 4.70. The topological polar surface area (TPSA) is 30.5 Å². The Labute approximate surface area is 96.8 Å². The molecule has 1 N–H and O–H groups in total. The third-order valence-electron chi connectivity index (χ3n) is 3.10. The molecule has 1 aromatic rings. The van der Waals surface area contributed by atoms with Crippen molar-refractivity contribution in [3.05, 3.63) is 17.7 Å². The molecule has 1 heterocycles. The van der Waals surface area contributed by atoms with Crippen molar-refractivity contribution in [2.24, 2.45) is 5.92 Å². The van der Waals surface area contributed by atoms with Crippen molar-refractivity contribution >= 4 is 5.69 Å². The van der Waals surface area contributed by atoms with E-state index < -0.39 is 0 Å². The lowest BCUT2D eigenvalue weighted by atomic mass is 10.1. The molecule has 1 aliphatic rings. The minimum Gasteiger partial charge on any atom is -0.454 e. The average Bonchev–Trinajstić information content (AvgIpc) is 2.65. The highest BCUT2D eigenvalue weighted by Gasteiger charge is 2.16. The Balaban J connectivity index is 2.21. The fourth-order valence-corrected chi connectivity index (χ4v) is 1.61. The highest BCUT2D eigenvalue weighted by molar-refractivity contribution is 5.61. The Morgan fingerprint density at radius 2 is 1.75 bits per heavy atom. The number of fused-ring (bicyclic) bond motifs is 1. The van der Waals surface area contributed by atoms with Crippen LogP contribution in [0.1, 0.15) is 26.3 Å². The van der Waals surface area contributed by atoms with Crippen LogP contribution >= 0.6 is 0 Å². The second-order valence-electron chi connectivity index (χ2n) is 4.70. The van der Waals surface area contributed by atoms with Gasteiger partial charge in [-0.3, -0.25) is 0 Å². The van der Waals surface area contributed by atoms with Gasteiger partial charge in [0.15, 0.2) is 11.5 Å². The molecule has 0 saturated heterocycles. The van der Waals surface area contributed by atoms with Gasteiger partial charge in [-0.1, -0.05) is 13.8 Å². The third kappa shape index (κ3) is 2.08. The van der Waals surface area contributed by atoms with Gasteiger partial charge in [-0.15, -0.1) is 0 Å². The van der Waals surface area contributed by atoms with Crippen LogP contribution in [0.25, 0.3) is 0 Å². The monoisotopic (exact) mass is 221 g/mol. The number of nitrogens with one attached hydrogen (secondary N) is 1. The summed E-state index contributed by atoms with van der Waals surface area (Å²) in [5, 5.41) is 3.50. The van der Waals surface area contributed by atoms with Gasteiger partial charge in [0.1, 0.15) is 0 Å². The van der Waals surface area contributed by atoms with Gasteiger partial charge in [-0.05, 0) is 31.4 Å². The minimum atomic E-state index is 0.331. The molecule has 1 atom stereocenters. The number of hydrogen-bond donors (Lipinski definition) is 1. The fraction of sp³-hybridized carbons (Fsp3) is 0.538. The summed E-state index contributed by atoms with van der Waals surface area (Å²) in [5.41, 5.74) is 2.32. The van der Waals surface area contributed by atoms with Crippen LogP contribution in [0.2, 0.25) is 0 Å². The van der Waals surface area contributed by atoms with Gasteiger partial charge >= 0.3 is 0 Å². The first-order chi connectivity index (χ1) is 7.58. The maximum absolute atomic E-state index is 5.37. The summed E-state index contributed by atoms with van der Waals surface area (Å²) >= 11 is 0. The van der Waals surface area contributed by atoms with E-state index in [4.69, 9.17) is 9.47 Å². The Kier molecular flexibility index (Phi) is 2.95. The SMILES string of the molecule is Cc1cc2c(cc1NC(C)C(C)C)OCO2. The summed E-state index contributed by atoms with van der Waals surface area (Å²) in [6.45, 7) is 9.02. The van der Waals surface area contributed by atoms with Gasteiger partial charge in [0, 0.05) is 17.8 Å². The van der Waals surface area contributed by atoms with E-state index in [-0.39, 0.29) is 0 Å². The number of aryl methyl sites for hydroxylation is 1. The summed E-state index contributed by atoms with van der Waals surface area (Å²) in [5.74, 6) is 2.29. The Morgan fingerprint density at radius 3 is 2.38 bits per heavy atom. The van der Waals surface area contributed by atoms with Crippen molar-refractivity contribution < 1.29 is 9.47 Å². The van der Waals surface area contributed by atoms with Crippen molar-refractivity contribution in [3.8, 4) is 11.5 Å². The maximum Gasteiger partial charge on any atom is 0.231 e. The van der Waals surface area contributed by atoms with Crippen LogP contribution in [0.4, 0.5) is 5.69 Å². The number of ether oxygens (including phenoxy) is 2. The molecule has 2 rings (SSSR count). The lowest BCUT2D eigenvalue weighted by molar-refractivity contribution is 0.174. The first kappa shape index (κ1) is 11.1. The lowest BCUT2D eigenvalue weighted by Crippen LogP contribution is -2.21. The van der Waals surface area contributed by atoms with Crippen LogP contribution in [0.5, 0.6) is 11.5 Å². The van der Waals surface area contributed by atoms with Crippen LogP contribution < -0.4 is 14.8 Å². The van der Waals surface area contributed by atoms with E-state index in [2.05, 4.69) is 33.0 Å². The number of anilines is 1. The predicted molar refractivity (Wildman–Crippen MR) is 65.2 cm³/mol. The van der Waals surface area contributed by atoms with Gasteiger partial charge in [-0.2, -0.15) is 0 Å². The molecule has 1 aromatic carbocycles. The molecular weight excluding hydrogens is 202 g/mol. The molecule has 3 nitrogen and oxygen atoms in total. The Morgan fingerprint density at radius 1 is 1.12 bits per heavy atom. The summed E-state index contributed by atoms with van der Waals surface area (Å²) in [6.07, 6.45) is 0. The molecule has 3 heteroatoms. The largest absolute Gasteiger partial charge is 0.454 e. The van der Waals surface area contributed by atoms with Crippen molar-refractivity contribution in [1.82, 2.24) is 0 Å². The van der Waals surface area contributed by atoms with Crippen LogP contribution in [0, 0.1) is 12.8 Å². The van der Waals surface area contributed by atoms with Gasteiger partial charge in [0.25, 0.3) is 0 Å². The molecule has 0 bridgehead atoms. The number of benzene rings is 1. The smallest absolute Gasteiger partial charge is 0.231 e. The van der Waals surface area contributed by atoms with E-state index in [0.29, 0.717) is 18.8 Å². The summed E-state index contributed by atoms with van der Waals surface area (Å²) < 4.78 is 10.7. The second kappa shape index (κ2) is 4.24. The molecule has 1 aliphatic heterocycles. The normalized spacial score (nSPS) is 15.3. The molecule has 0 radical (unpaired) electrons. The fourth-order valence-electron chi connectivity index (χ4n) is 1.61. The van der Waals surface area contributed by atoms with E-state index in [1.165, 1.54) is 5.56 Å². The molecule has 0 saturated carbocycles. The highest BCUT2D eigenvalue weighted by atomic mass is 16.7. The summed E-state index contributed by atoms with van der Waals surface area (Å²) in [4.78, 5) is 0. The quantitative estimate of drug-likeness (QED) is 0.850.